The third-order valence-electron chi connectivity index (χ3n) is 1.72. The van der Waals surface area contributed by atoms with E-state index in [2.05, 4.69) is 0 Å². The predicted molar refractivity (Wildman–Crippen MR) is 86.8 cm³/mol. The molecule has 0 atom stereocenters. The molecule has 2 heteroatoms. The first kappa shape index (κ1) is 2.29. The molecule has 1 aromatic carbocycles. The van der Waals surface area contributed by atoms with Crippen LogP contribution in [-0.2, 0) is 0 Å². The molecule has 0 radical (unpaired) electrons. The second-order valence-corrected chi connectivity index (χ2v) is 5.75. The van der Waals surface area contributed by atoms with Crippen molar-refractivity contribution in [2.45, 2.75) is 51.4 Å². The molecule has 0 aliphatic rings. The Morgan fingerprint density at radius 3 is 1.83 bits per heavy atom. The number of hydrogen-bond donors (Lipinski definition) is 0. The van der Waals surface area contributed by atoms with Crippen LogP contribution in [0, 0.1) is 0 Å². The van der Waals surface area contributed by atoms with Gasteiger partial charge in [-0.3, -0.25) is 0 Å². The Bertz CT molecular complexity index is 1110. The normalized spacial score (nSPS) is 41.4. The highest BCUT2D eigenvalue weighted by molar-refractivity contribution is 7.68. The van der Waals surface area contributed by atoms with Crippen LogP contribution in [0.15, 0.2) is 24.2 Å². The molecule has 0 aliphatic carbocycles. The fraction of sp³-hybridized carbons (Fsp3) is 0.625. The van der Waals surface area contributed by atoms with Gasteiger partial charge in [0.05, 0.1) is 5.48 Å². The van der Waals surface area contributed by atoms with Crippen molar-refractivity contribution >= 4 is 18.9 Å². The summed E-state index contributed by atoms with van der Waals surface area (Å²) in [5, 5.41) is -11.4. The van der Waals surface area contributed by atoms with E-state index in [0.717, 1.165) is 0 Å². The van der Waals surface area contributed by atoms with Gasteiger partial charge < -0.3 is 4.90 Å². The lowest BCUT2D eigenvalue weighted by Gasteiger charge is -2.41. The molecule has 0 aliphatic heterocycles. The summed E-state index contributed by atoms with van der Waals surface area (Å²) < 4.78 is 226. The monoisotopic (exact) mass is 293 g/mol. The first-order chi connectivity index (χ1) is 19.6. The van der Waals surface area contributed by atoms with E-state index in [0.29, 0.717) is 0 Å². The third-order valence-corrected chi connectivity index (χ3v) is 3.73. The lowest BCUT2D eigenvalue weighted by molar-refractivity contribution is 0.715. The Hall–Kier alpha value is -0.550. The molecule has 0 saturated heterocycles. The SMILES string of the molecule is [2H]c1c([2H])c(P(C(C([2H])([2H])[2H])(C([2H])([2H])[2H])C([2H])([2H])[2H])C(C([2H])([2H])[2H])(C([2H])([2H])[2H])C([2H])([2H])[2H])c([2H])c([2H])c1N(C([2H])([2H])[2H])C([2H])([2H])[2H]. The van der Waals surface area contributed by atoms with Crippen molar-refractivity contribution in [3.8, 4) is 0 Å². The predicted octanol–water partition coefficient (Wildman–Crippen LogP) is 4.46. The maximum Gasteiger partial charge on any atom is 0.0645 e. The van der Waals surface area contributed by atoms with Crippen LogP contribution >= 0.6 is 7.92 Å². The minimum absolute atomic E-state index is 0.568. The van der Waals surface area contributed by atoms with Crippen LogP contribution in [0.3, 0.4) is 0 Å². The summed E-state index contributed by atoms with van der Waals surface area (Å²) >= 11 is 0. The average Bonchev–Trinajstić information content (AvgIpc) is 2.67. The minimum Gasteiger partial charge on any atom is -0.378 e. The highest BCUT2D eigenvalue weighted by Crippen LogP contribution is 2.58. The summed E-state index contributed by atoms with van der Waals surface area (Å²) in [5.41, 5.74) is -1.57. The molecular weight excluding hydrogens is 237 g/mol. The molecule has 102 valence electrons. The highest BCUT2D eigenvalue weighted by atomic mass is 31.1. The number of hydrogen-bond acceptors (Lipinski definition) is 1. The van der Waals surface area contributed by atoms with Gasteiger partial charge in [0.1, 0.15) is 0 Å². The molecule has 1 nitrogen and oxygen atoms in total. The highest BCUT2D eigenvalue weighted by Gasteiger charge is 2.35. The summed E-state index contributed by atoms with van der Waals surface area (Å²) in [6.45, 7) is -35.0. The van der Waals surface area contributed by atoms with Crippen LogP contribution in [0.4, 0.5) is 5.69 Å². The van der Waals surface area contributed by atoms with Crippen LogP contribution in [0.1, 0.15) is 79.5 Å². The van der Waals surface area contributed by atoms with Gasteiger partial charge in [-0.05, 0) is 27.7 Å². The largest absolute Gasteiger partial charge is 0.378 e. The van der Waals surface area contributed by atoms with Gasteiger partial charge in [-0.15, -0.1) is 0 Å². The number of nitrogens with zero attached hydrogens (tertiary/aromatic N) is 1. The quantitative estimate of drug-likeness (QED) is 0.728. The van der Waals surface area contributed by atoms with E-state index in [9.17, 15) is 0 Å². The summed E-state index contributed by atoms with van der Waals surface area (Å²) in [4.78, 5) is -0.568. The van der Waals surface area contributed by atoms with E-state index < -0.39 is 113 Å². The Morgan fingerprint density at radius 2 is 1.44 bits per heavy atom. The van der Waals surface area contributed by atoms with Crippen molar-refractivity contribution in [1.29, 1.82) is 0 Å². The summed E-state index contributed by atoms with van der Waals surface area (Å²) in [6.07, 6.45) is 0. The lowest BCUT2D eigenvalue weighted by atomic mass is 10.2. The Labute approximate surface area is 154 Å². The number of rotatable bonds is 2. The van der Waals surface area contributed by atoms with E-state index in [4.69, 9.17) is 38.4 Å². The molecular formula is C16H28NP. The van der Waals surface area contributed by atoms with Gasteiger partial charge in [-0.25, -0.2) is 0 Å². The minimum atomic E-state index is -5.13. The Morgan fingerprint density at radius 1 is 0.944 bits per heavy atom. The van der Waals surface area contributed by atoms with Crippen molar-refractivity contribution in [2.75, 3.05) is 18.9 Å². The van der Waals surface area contributed by atoms with Crippen LogP contribution in [0.2, 0.25) is 0 Å². The zero-order chi connectivity index (χ0) is 37.6. The van der Waals surface area contributed by atoms with Crippen LogP contribution in [-0.4, -0.2) is 24.3 Å². The molecule has 0 heterocycles. The molecule has 18 heavy (non-hydrogen) atoms. The van der Waals surface area contributed by atoms with Crippen molar-refractivity contribution in [3.63, 3.8) is 0 Å². The lowest BCUT2D eigenvalue weighted by Crippen LogP contribution is -2.31. The van der Waals surface area contributed by atoms with E-state index >= 15 is 0 Å². The molecule has 1 rings (SSSR count). The van der Waals surface area contributed by atoms with Gasteiger partial charge in [0, 0.05) is 52.5 Å². The summed E-state index contributed by atoms with van der Waals surface area (Å²) in [5.74, 6) is 0. The average molecular weight is 294 g/mol. The Kier molecular flexibility index (Phi) is 0.662. The van der Waals surface area contributed by atoms with Crippen molar-refractivity contribution in [2.24, 2.45) is 0 Å². The molecule has 0 saturated carbocycles. The molecule has 0 N–H and O–H groups in total. The van der Waals surface area contributed by atoms with E-state index in [1.807, 2.05) is 0 Å². The zero-order valence-corrected chi connectivity index (χ0v) is 9.79. The molecule has 1 aromatic rings. The van der Waals surface area contributed by atoms with Crippen molar-refractivity contribution in [1.82, 2.24) is 0 Å². The molecule has 0 aromatic heterocycles. The van der Waals surface area contributed by atoms with Gasteiger partial charge in [0.15, 0.2) is 0 Å². The van der Waals surface area contributed by atoms with Gasteiger partial charge >= 0.3 is 0 Å². The second kappa shape index (κ2) is 5.21. The first-order valence-corrected chi connectivity index (χ1v) is 5.68. The van der Waals surface area contributed by atoms with E-state index in [-0.39, 0.29) is 0 Å². The number of benzene rings is 1. The second-order valence-electron chi connectivity index (χ2n) is 3.29. The fourth-order valence-corrected chi connectivity index (χ4v) is 2.62. The summed E-state index contributed by atoms with van der Waals surface area (Å²) in [7, 11) is -5.13. The van der Waals surface area contributed by atoms with Crippen LogP contribution < -0.4 is 10.2 Å². The van der Waals surface area contributed by atoms with Crippen molar-refractivity contribution in [3.05, 3.63) is 24.2 Å². The zero-order valence-electron chi connectivity index (χ0n) is 36.9. The standard InChI is InChI=1S/C16H28NP/c1-15(2,3)18(16(4,5)6)14-11-9-13(10-12-14)17(7)8/h9-12H,1-8H3/i1D3,2D3,3D3,4D3,5D3,6D3,7D3,8D3,9D,10D,11D,12D. The maximum atomic E-state index is 8.62. The molecule has 0 fully saturated rings. The third kappa shape index (κ3) is 3.72. The fourth-order valence-electron chi connectivity index (χ4n) is 1.11. The van der Waals surface area contributed by atoms with Crippen molar-refractivity contribution < 1.29 is 38.4 Å². The topological polar surface area (TPSA) is 3.24 Å². The first-order valence-electron chi connectivity index (χ1n) is 18.3. The van der Waals surface area contributed by atoms with Crippen LogP contribution in [0.5, 0.6) is 0 Å². The van der Waals surface area contributed by atoms with Gasteiger partial charge in [0.2, 0.25) is 0 Å². The van der Waals surface area contributed by atoms with Gasteiger partial charge in [-0.2, -0.15) is 0 Å². The van der Waals surface area contributed by atoms with E-state index in [1.165, 1.54) is 0 Å². The number of anilines is 1. The smallest absolute Gasteiger partial charge is 0.0645 e. The van der Waals surface area contributed by atoms with Gasteiger partial charge in [-0.1, -0.05) is 61.1 Å². The van der Waals surface area contributed by atoms with E-state index in [1.54, 1.807) is 0 Å². The maximum absolute atomic E-state index is 8.62. The molecule has 0 spiro atoms. The Balaban J connectivity index is 5.23. The molecule has 0 amide bonds. The summed E-state index contributed by atoms with van der Waals surface area (Å²) in [6, 6.07) is -7.24. The van der Waals surface area contributed by atoms with Gasteiger partial charge in [0.25, 0.3) is 0 Å². The van der Waals surface area contributed by atoms with Crippen LogP contribution in [0.25, 0.3) is 0 Å². The molecule has 0 bridgehead atoms. The molecule has 0 unspecified atom stereocenters.